The minimum atomic E-state index is -1.41. The van der Waals surface area contributed by atoms with Gasteiger partial charge in [0.05, 0.1) is 0 Å². The molecule has 0 unspecified atom stereocenters. The molecule has 0 aromatic heterocycles. The molecule has 0 saturated heterocycles. The van der Waals surface area contributed by atoms with Gasteiger partial charge in [0.2, 0.25) is 0 Å². The van der Waals surface area contributed by atoms with E-state index in [0.29, 0.717) is 0 Å². The monoisotopic (exact) mass is 150 g/mol. The average Bonchev–Trinajstić information content (AvgIpc) is 1.72. The van der Waals surface area contributed by atoms with Crippen molar-refractivity contribution in [1.29, 1.82) is 0 Å². The van der Waals surface area contributed by atoms with Crippen molar-refractivity contribution in [3.63, 3.8) is 0 Å². The van der Waals surface area contributed by atoms with Crippen molar-refractivity contribution in [3.8, 4) is 0 Å². The van der Waals surface area contributed by atoms with Crippen LogP contribution in [-0.4, -0.2) is 34.5 Å². The zero-order valence-electron chi connectivity index (χ0n) is 4.68. The normalized spacial score (nSPS) is 8.38. The Labute approximate surface area is 56.4 Å². The summed E-state index contributed by atoms with van der Waals surface area (Å²) in [6, 6.07) is 0. The predicted octanol–water partition coefficient (Wildman–Crippen LogP) is -1.23. The third-order valence-electron chi connectivity index (χ3n) is 0.657. The first-order valence-corrected chi connectivity index (χ1v) is 3.64. The van der Waals surface area contributed by atoms with E-state index in [1.807, 2.05) is 0 Å². The van der Waals surface area contributed by atoms with E-state index < -0.39 is 9.28 Å². The van der Waals surface area contributed by atoms with Crippen LogP contribution in [0.1, 0.15) is 0 Å². The summed E-state index contributed by atoms with van der Waals surface area (Å²) in [4.78, 5) is 0. The fraction of sp³-hybridized carbons (Fsp3) is 0.500. The van der Waals surface area contributed by atoms with Crippen LogP contribution in [0.4, 0.5) is 0 Å². The molecule has 0 heterocycles. The van der Waals surface area contributed by atoms with Gasteiger partial charge in [-0.2, -0.15) is 0 Å². The smallest absolute Gasteiger partial charge is 0.347 e. The van der Waals surface area contributed by atoms with Gasteiger partial charge < -0.3 is 8.85 Å². The molecule has 4 heteroatoms. The van der Waals surface area contributed by atoms with Gasteiger partial charge >= 0.3 is 9.28 Å². The second kappa shape index (κ2) is 7.09. The molecule has 0 radical (unpaired) electrons. The Morgan fingerprint density at radius 3 is 1.75 bits per heavy atom. The van der Waals surface area contributed by atoms with Crippen molar-refractivity contribution >= 4 is 20.2 Å². The molecule has 0 atom stereocenters. The summed E-state index contributed by atoms with van der Waals surface area (Å²) < 4.78 is 9.69. The highest BCUT2D eigenvalue weighted by molar-refractivity contribution is 6.50. The van der Waals surface area contributed by atoms with E-state index in [4.69, 9.17) is 8.85 Å². The summed E-state index contributed by atoms with van der Waals surface area (Å²) in [7, 11) is 1.85. The van der Waals surface area contributed by atoms with Gasteiger partial charge in [-0.1, -0.05) is 5.70 Å². The Balaban J connectivity index is 0. The van der Waals surface area contributed by atoms with Crippen molar-refractivity contribution in [2.75, 3.05) is 14.2 Å². The maximum absolute atomic E-state index is 4.85. The molecule has 8 heavy (non-hydrogen) atoms. The molecule has 0 aromatic rings. The quantitative estimate of drug-likeness (QED) is 0.469. The minimum absolute atomic E-state index is 0. The van der Waals surface area contributed by atoms with E-state index in [1.54, 1.807) is 19.9 Å². The fourth-order valence-electron chi connectivity index (χ4n) is 0.289. The van der Waals surface area contributed by atoms with E-state index in [0.717, 1.165) is 0 Å². The van der Waals surface area contributed by atoms with Gasteiger partial charge in [0, 0.05) is 14.2 Å². The van der Waals surface area contributed by atoms with Crippen LogP contribution >= 0.6 is 0 Å². The van der Waals surface area contributed by atoms with Crippen LogP contribution in [0.25, 0.3) is 0 Å². The molecule has 2 nitrogen and oxygen atoms in total. The highest BCUT2D eigenvalue weighted by Gasteiger charge is 1.98. The third kappa shape index (κ3) is 4.26. The van der Waals surface area contributed by atoms with E-state index >= 15 is 0 Å². The SMILES string of the molecule is C=C[SiH](OC)OC.[SiH4]. The largest absolute Gasteiger partial charge is 0.397 e. The molecular formula is C4H14O2Si2. The fourth-order valence-corrected chi connectivity index (χ4v) is 0.866. The average molecular weight is 150 g/mol. The van der Waals surface area contributed by atoms with E-state index in [9.17, 15) is 0 Å². The molecule has 0 amide bonds. The van der Waals surface area contributed by atoms with Crippen LogP contribution in [0.2, 0.25) is 0 Å². The van der Waals surface area contributed by atoms with Gasteiger partial charge in [-0.15, -0.1) is 6.58 Å². The highest BCUT2D eigenvalue weighted by Crippen LogP contribution is 1.81. The van der Waals surface area contributed by atoms with Crippen molar-refractivity contribution in [2.24, 2.45) is 0 Å². The molecule has 0 saturated carbocycles. The molecule has 0 fully saturated rings. The first kappa shape index (κ1) is 11.0. The Hall–Kier alpha value is 0.0938. The van der Waals surface area contributed by atoms with Gasteiger partial charge in [-0.25, -0.2) is 0 Å². The van der Waals surface area contributed by atoms with E-state index in [2.05, 4.69) is 6.58 Å². The molecule has 0 aliphatic carbocycles. The van der Waals surface area contributed by atoms with Gasteiger partial charge in [0.15, 0.2) is 0 Å². The van der Waals surface area contributed by atoms with Crippen LogP contribution in [-0.2, 0) is 8.85 Å². The lowest BCUT2D eigenvalue weighted by Gasteiger charge is -2.01. The van der Waals surface area contributed by atoms with Crippen LogP contribution < -0.4 is 0 Å². The molecule has 0 aliphatic rings. The molecule has 0 bridgehead atoms. The topological polar surface area (TPSA) is 18.5 Å². The maximum atomic E-state index is 4.85. The van der Waals surface area contributed by atoms with Crippen molar-refractivity contribution in [2.45, 2.75) is 0 Å². The molecule has 0 aromatic carbocycles. The molecule has 0 rings (SSSR count). The second-order valence-corrected chi connectivity index (χ2v) is 3.23. The van der Waals surface area contributed by atoms with Crippen molar-refractivity contribution in [1.82, 2.24) is 0 Å². The number of hydrogen-bond acceptors (Lipinski definition) is 2. The lowest BCUT2D eigenvalue weighted by molar-refractivity contribution is 0.290. The van der Waals surface area contributed by atoms with Gasteiger partial charge in [0.25, 0.3) is 0 Å². The van der Waals surface area contributed by atoms with Crippen LogP contribution in [0.15, 0.2) is 12.3 Å². The summed E-state index contributed by atoms with van der Waals surface area (Å²) >= 11 is 0. The zero-order chi connectivity index (χ0) is 5.70. The summed E-state index contributed by atoms with van der Waals surface area (Å²) in [5.74, 6) is 0. The number of hydrogen-bond donors (Lipinski definition) is 0. The first-order valence-electron chi connectivity index (χ1n) is 2.03. The second-order valence-electron chi connectivity index (χ2n) is 1.08. The van der Waals surface area contributed by atoms with Gasteiger partial charge in [0.1, 0.15) is 0 Å². The Kier molecular flexibility index (Phi) is 9.73. The molecule has 0 N–H and O–H groups in total. The lowest BCUT2D eigenvalue weighted by atomic mass is 11.3. The molecule has 0 spiro atoms. The highest BCUT2D eigenvalue weighted by atomic mass is 28.3. The Morgan fingerprint density at radius 2 is 1.75 bits per heavy atom. The Bertz CT molecular complexity index is 54.0. The summed E-state index contributed by atoms with van der Waals surface area (Å²) in [6.45, 7) is 3.51. The summed E-state index contributed by atoms with van der Waals surface area (Å²) in [6.07, 6.45) is 0. The lowest BCUT2D eigenvalue weighted by Crippen LogP contribution is -2.14. The van der Waals surface area contributed by atoms with Crippen LogP contribution in [0.3, 0.4) is 0 Å². The van der Waals surface area contributed by atoms with Crippen LogP contribution in [0, 0.1) is 0 Å². The van der Waals surface area contributed by atoms with E-state index in [-0.39, 0.29) is 11.0 Å². The first-order chi connectivity index (χ1) is 3.35. The molecule has 50 valence electrons. The summed E-state index contributed by atoms with van der Waals surface area (Å²) in [5.41, 5.74) is 1.72. The van der Waals surface area contributed by atoms with E-state index in [1.165, 1.54) is 0 Å². The third-order valence-corrected chi connectivity index (χ3v) is 1.97. The zero-order valence-corrected chi connectivity index (χ0v) is 5.83. The minimum Gasteiger partial charge on any atom is -0.397 e. The van der Waals surface area contributed by atoms with Crippen molar-refractivity contribution < 1.29 is 8.85 Å². The molecular weight excluding hydrogens is 136 g/mol. The standard InChI is InChI=1S/C4H10O2Si.H4Si/c1-4-7(5-2)6-3;/h4,7H,1H2,2-3H3;1H4. The Morgan fingerprint density at radius 1 is 1.38 bits per heavy atom. The maximum Gasteiger partial charge on any atom is 0.347 e. The van der Waals surface area contributed by atoms with Gasteiger partial charge in [-0.05, 0) is 11.0 Å². The number of rotatable bonds is 3. The summed E-state index contributed by atoms with van der Waals surface area (Å²) in [5, 5.41) is 0. The van der Waals surface area contributed by atoms with Crippen molar-refractivity contribution in [3.05, 3.63) is 12.3 Å². The predicted molar refractivity (Wildman–Crippen MR) is 42.7 cm³/mol. The van der Waals surface area contributed by atoms with Crippen LogP contribution in [0.5, 0.6) is 0 Å². The van der Waals surface area contributed by atoms with Gasteiger partial charge in [-0.3, -0.25) is 0 Å². The molecule has 0 aliphatic heterocycles.